The van der Waals surface area contributed by atoms with Crippen LogP contribution in [0, 0.1) is 3.95 Å². The Kier molecular flexibility index (Phi) is 2.19. The molecule has 1 aromatic carbocycles. The number of nitrogens with one attached hydrogen (secondary N) is 1. The van der Waals surface area contributed by atoms with Crippen LogP contribution in [0.1, 0.15) is 0 Å². The SMILES string of the molecule is Cn1cc(-c2csc(=S)[nH]2)c2ccccc21. The van der Waals surface area contributed by atoms with Gasteiger partial charge in [0.25, 0.3) is 0 Å². The summed E-state index contributed by atoms with van der Waals surface area (Å²) in [5.74, 6) is 0. The van der Waals surface area contributed by atoms with Crippen molar-refractivity contribution in [3.05, 3.63) is 39.8 Å². The normalized spacial score (nSPS) is 11.1. The second-order valence-corrected chi connectivity index (χ2v) is 5.28. The van der Waals surface area contributed by atoms with Gasteiger partial charge in [0, 0.05) is 35.1 Å². The molecular formula is C12H10N2S2. The van der Waals surface area contributed by atoms with Gasteiger partial charge in [0.2, 0.25) is 0 Å². The number of para-hydroxylation sites is 1. The number of hydrogen-bond donors (Lipinski definition) is 1. The van der Waals surface area contributed by atoms with Crippen LogP contribution in [0.2, 0.25) is 0 Å². The minimum atomic E-state index is 0.822. The van der Waals surface area contributed by atoms with Gasteiger partial charge in [-0.3, -0.25) is 0 Å². The first-order valence-electron chi connectivity index (χ1n) is 4.98. The number of H-pyrrole nitrogens is 1. The van der Waals surface area contributed by atoms with Gasteiger partial charge in [-0.25, -0.2) is 0 Å². The number of aryl methyl sites for hydroxylation is 1. The largest absolute Gasteiger partial charge is 0.350 e. The third-order valence-electron chi connectivity index (χ3n) is 2.71. The van der Waals surface area contributed by atoms with Crippen molar-refractivity contribution in [3.63, 3.8) is 0 Å². The van der Waals surface area contributed by atoms with Crippen molar-refractivity contribution in [2.45, 2.75) is 0 Å². The van der Waals surface area contributed by atoms with Crippen molar-refractivity contribution in [2.75, 3.05) is 0 Å². The van der Waals surface area contributed by atoms with Gasteiger partial charge in [-0.05, 0) is 18.3 Å². The van der Waals surface area contributed by atoms with E-state index in [2.05, 4.69) is 52.4 Å². The number of nitrogens with zero attached hydrogens (tertiary/aromatic N) is 1. The Morgan fingerprint density at radius 3 is 2.88 bits per heavy atom. The van der Waals surface area contributed by atoms with E-state index in [0.717, 1.165) is 9.65 Å². The number of benzene rings is 1. The van der Waals surface area contributed by atoms with Gasteiger partial charge in [0.05, 0.1) is 5.69 Å². The molecule has 80 valence electrons. The lowest BCUT2D eigenvalue weighted by atomic mass is 10.1. The Morgan fingerprint density at radius 1 is 1.31 bits per heavy atom. The van der Waals surface area contributed by atoms with E-state index in [1.165, 1.54) is 16.5 Å². The number of hydrogen-bond acceptors (Lipinski definition) is 2. The van der Waals surface area contributed by atoms with Crippen LogP contribution in [0.25, 0.3) is 22.2 Å². The molecule has 0 unspecified atom stereocenters. The lowest BCUT2D eigenvalue weighted by molar-refractivity contribution is 0.969. The average Bonchev–Trinajstić information content (AvgIpc) is 2.84. The lowest BCUT2D eigenvalue weighted by Gasteiger charge is -1.94. The molecule has 2 heterocycles. The number of aromatic nitrogens is 2. The van der Waals surface area contributed by atoms with E-state index in [-0.39, 0.29) is 0 Å². The highest BCUT2D eigenvalue weighted by Gasteiger charge is 2.08. The van der Waals surface area contributed by atoms with Crippen molar-refractivity contribution in [2.24, 2.45) is 7.05 Å². The van der Waals surface area contributed by atoms with E-state index in [1.54, 1.807) is 11.3 Å². The van der Waals surface area contributed by atoms with Gasteiger partial charge in [0.1, 0.15) is 0 Å². The summed E-state index contributed by atoms with van der Waals surface area (Å²) in [6.45, 7) is 0. The van der Waals surface area contributed by atoms with E-state index in [1.807, 2.05) is 0 Å². The summed E-state index contributed by atoms with van der Waals surface area (Å²) < 4.78 is 2.96. The fourth-order valence-electron chi connectivity index (χ4n) is 1.97. The third-order valence-corrected chi connectivity index (χ3v) is 3.77. The topological polar surface area (TPSA) is 20.7 Å². The monoisotopic (exact) mass is 246 g/mol. The maximum atomic E-state index is 5.12. The molecule has 2 nitrogen and oxygen atoms in total. The summed E-state index contributed by atoms with van der Waals surface area (Å²) >= 11 is 6.69. The molecule has 4 heteroatoms. The average molecular weight is 246 g/mol. The van der Waals surface area contributed by atoms with Crippen molar-refractivity contribution in [1.29, 1.82) is 0 Å². The van der Waals surface area contributed by atoms with E-state index in [0.29, 0.717) is 0 Å². The van der Waals surface area contributed by atoms with E-state index in [9.17, 15) is 0 Å². The van der Waals surface area contributed by atoms with Crippen molar-refractivity contribution >= 4 is 34.5 Å². The smallest absolute Gasteiger partial charge is 0.158 e. The zero-order valence-electron chi connectivity index (χ0n) is 8.73. The third kappa shape index (κ3) is 1.42. The molecule has 0 radical (unpaired) electrons. The van der Waals surface area contributed by atoms with Crippen molar-refractivity contribution in [3.8, 4) is 11.3 Å². The fourth-order valence-corrected chi connectivity index (χ4v) is 2.80. The van der Waals surface area contributed by atoms with Gasteiger partial charge in [-0.1, -0.05) is 18.2 Å². The summed E-state index contributed by atoms with van der Waals surface area (Å²) in [7, 11) is 2.06. The highest BCUT2D eigenvalue weighted by molar-refractivity contribution is 7.73. The molecule has 0 saturated heterocycles. The van der Waals surface area contributed by atoms with Crippen LogP contribution >= 0.6 is 23.6 Å². The standard InChI is InChI=1S/C12H10N2S2/c1-14-6-9(10-7-16-12(15)13-10)8-4-2-3-5-11(8)14/h2-7H,1H3,(H,13,15). The number of aromatic amines is 1. The molecular weight excluding hydrogens is 236 g/mol. The Morgan fingerprint density at radius 2 is 2.12 bits per heavy atom. The molecule has 0 spiro atoms. The molecule has 0 bridgehead atoms. The summed E-state index contributed by atoms with van der Waals surface area (Å²) in [6.07, 6.45) is 2.14. The predicted molar refractivity (Wildman–Crippen MR) is 71.4 cm³/mol. The van der Waals surface area contributed by atoms with Crippen LogP contribution in [0.4, 0.5) is 0 Å². The summed E-state index contributed by atoms with van der Waals surface area (Å²) in [5.41, 5.74) is 3.56. The van der Waals surface area contributed by atoms with Gasteiger partial charge in [-0.2, -0.15) is 0 Å². The summed E-state index contributed by atoms with van der Waals surface area (Å²) in [5, 5.41) is 3.33. The summed E-state index contributed by atoms with van der Waals surface area (Å²) in [6, 6.07) is 8.38. The molecule has 0 aliphatic heterocycles. The van der Waals surface area contributed by atoms with Crippen LogP contribution in [-0.4, -0.2) is 9.55 Å². The van der Waals surface area contributed by atoms with E-state index >= 15 is 0 Å². The maximum Gasteiger partial charge on any atom is 0.158 e. The quantitative estimate of drug-likeness (QED) is 0.644. The van der Waals surface area contributed by atoms with Crippen LogP contribution < -0.4 is 0 Å². The fraction of sp³-hybridized carbons (Fsp3) is 0.0833. The van der Waals surface area contributed by atoms with Gasteiger partial charge in [-0.15, -0.1) is 11.3 Å². The molecule has 2 aromatic heterocycles. The number of rotatable bonds is 1. The van der Waals surface area contributed by atoms with Crippen molar-refractivity contribution < 1.29 is 0 Å². The highest BCUT2D eigenvalue weighted by atomic mass is 32.1. The molecule has 0 aliphatic carbocycles. The second-order valence-electron chi connectivity index (χ2n) is 3.73. The molecule has 0 aliphatic rings. The van der Waals surface area contributed by atoms with Crippen LogP contribution in [0.3, 0.4) is 0 Å². The first kappa shape index (κ1) is 9.81. The Hall–Kier alpha value is -1.39. The second kappa shape index (κ2) is 3.57. The van der Waals surface area contributed by atoms with E-state index in [4.69, 9.17) is 12.2 Å². The predicted octanol–water partition coefficient (Wildman–Crippen LogP) is 3.96. The Bertz CT molecular complexity index is 703. The molecule has 1 N–H and O–H groups in total. The maximum absolute atomic E-state index is 5.12. The molecule has 3 aromatic rings. The minimum Gasteiger partial charge on any atom is -0.350 e. The van der Waals surface area contributed by atoms with Crippen LogP contribution in [0.15, 0.2) is 35.8 Å². The first-order chi connectivity index (χ1) is 7.75. The van der Waals surface area contributed by atoms with Gasteiger partial charge in [0.15, 0.2) is 3.95 Å². The molecule has 0 amide bonds. The lowest BCUT2D eigenvalue weighted by Crippen LogP contribution is -1.81. The zero-order valence-corrected chi connectivity index (χ0v) is 10.4. The number of fused-ring (bicyclic) bond motifs is 1. The Balaban J connectivity index is 2.36. The molecule has 3 rings (SSSR count). The Labute approximate surface area is 102 Å². The molecule has 0 atom stereocenters. The highest BCUT2D eigenvalue weighted by Crippen LogP contribution is 2.29. The van der Waals surface area contributed by atoms with E-state index < -0.39 is 0 Å². The number of thiazole rings is 1. The molecule has 16 heavy (non-hydrogen) atoms. The first-order valence-corrected chi connectivity index (χ1v) is 6.27. The van der Waals surface area contributed by atoms with Gasteiger partial charge < -0.3 is 9.55 Å². The minimum absolute atomic E-state index is 0.822. The summed E-state index contributed by atoms with van der Waals surface area (Å²) in [4.78, 5) is 3.22. The molecule has 0 saturated carbocycles. The van der Waals surface area contributed by atoms with Gasteiger partial charge >= 0.3 is 0 Å². The van der Waals surface area contributed by atoms with Crippen LogP contribution in [-0.2, 0) is 7.05 Å². The zero-order chi connectivity index (χ0) is 11.1. The van der Waals surface area contributed by atoms with Crippen LogP contribution in [0.5, 0.6) is 0 Å². The molecule has 0 fully saturated rings. The van der Waals surface area contributed by atoms with Crippen molar-refractivity contribution in [1.82, 2.24) is 9.55 Å².